The van der Waals surface area contributed by atoms with E-state index in [0.717, 1.165) is 11.1 Å². The van der Waals surface area contributed by atoms with E-state index in [2.05, 4.69) is 5.32 Å². The summed E-state index contributed by atoms with van der Waals surface area (Å²) in [6.45, 7) is 0.423. The lowest BCUT2D eigenvalue weighted by atomic mass is 9.98. The molecule has 5 rings (SSSR count). The number of phenolic OH excluding ortho intramolecular Hbond substituents is 1. The fourth-order valence-corrected chi connectivity index (χ4v) is 5.21. The van der Waals surface area contributed by atoms with Crippen LogP contribution >= 0.6 is 0 Å². The average Bonchev–Trinajstić information content (AvgIpc) is 2.91. The minimum absolute atomic E-state index is 0. The number of rotatable bonds is 6. The van der Waals surface area contributed by atoms with Crippen molar-refractivity contribution in [2.24, 2.45) is 0 Å². The molecule has 2 atom stereocenters. The van der Waals surface area contributed by atoms with E-state index in [9.17, 15) is 23.9 Å². The van der Waals surface area contributed by atoms with Gasteiger partial charge in [-0.05, 0) is 41.0 Å². The molecular formula is C30H34FN5O4. The van der Waals surface area contributed by atoms with Gasteiger partial charge in [0.25, 0.3) is 0 Å². The molecule has 4 amide bonds. The lowest BCUT2D eigenvalue weighted by Gasteiger charge is -2.54. The first-order valence-corrected chi connectivity index (χ1v) is 12.7. The number of hydrogen-bond donors (Lipinski definition) is 2. The predicted octanol–water partition coefficient (Wildman–Crippen LogP) is 3.35. The smallest absolute Gasteiger partial charge is 0.334 e. The van der Waals surface area contributed by atoms with Gasteiger partial charge in [0.05, 0.1) is 13.1 Å². The van der Waals surface area contributed by atoms with Gasteiger partial charge < -0.3 is 20.2 Å². The molecule has 0 bridgehead atoms. The molecule has 2 aliphatic rings. The van der Waals surface area contributed by atoms with Gasteiger partial charge in [-0.1, -0.05) is 62.0 Å². The molecule has 2 saturated heterocycles. The number of amides is 4. The summed E-state index contributed by atoms with van der Waals surface area (Å²) in [6.07, 6.45) is -0.565. The Morgan fingerprint density at radius 2 is 1.68 bits per heavy atom. The lowest BCUT2D eigenvalue weighted by molar-refractivity contribution is -0.187. The molecule has 0 saturated carbocycles. The highest BCUT2D eigenvalue weighted by Crippen LogP contribution is 2.29. The number of fused-ring (bicyclic) bond motifs is 1. The summed E-state index contributed by atoms with van der Waals surface area (Å²) >= 11 is 0. The molecule has 0 spiro atoms. The van der Waals surface area contributed by atoms with Crippen LogP contribution in [-0.2, 0) is 29.1 Å². The number of piperazine rings is 1. The van der Waals surface area contributed by atoms with Gasteiger partial charge in [-0.3, -0.25) is 9.59 Å². The van der Waals surface area contributed by atoms with Crippen molar-refractivity contribution in [1.82, 2.24) is 25.1 Å². The van der Waals surface area contributed by atoms with E-state index in [1.54, 1.807) is 41.2 Å². The number of likely N-dealkylation sites (N-methyl/N-ethyl adjacent to an activating group) is 1. The Kier molecular flexibility index (Phi) is 8.69. The third-order valence-corrected chi connectivity index (χ3v) is 7.06. The van der Waals surface area contributed by atoms with Crippen molar-refractivity contribution >= 4 is 17.8 Å². The number of nitrogens with one attached hydrogen (secondary N) is 1. The molecule has 2 heterocycles. The van der Waals surface area contributed by atoms with Crippen LogP contribution in [0.4, 0.5) is 9.18 Å². The summed E-state index contributed by atoms with van der Waals surface area (Å²) in [6, 6.07) is 20.7. The maximum absolute atomic E-state index is 13.9. The zero-order valence-corrected chi connectivity index (χ0v) is 21.5. The highest BCUT2D eigenvalue weighted by molar-refractivity contribution is 5.91. The molecule has 3 aromatic rings. The zero-order chi connectivity index (χ0) is 27.5. The molecule has 1 unspecified atom stereocenters. The van der Waals surface area contributed by atoms with Crippen LogP contribution in [0.15, 0.2) is 78.9 Å². The van der Waals surface area contributed by atoms with Crippen molar-refractivity contribution in [3.8, 4) is 5.75 Å². The Morgan fingerprint density at radius 3 is 2.38 bits per heavy atom. The highest BCUT2D eigenvalue weighted by Gasteiger charge is 2.50. The first-order valence-electron chi connectivity index (χ1n) is 12.7. The summed E-state index contributed by atoms with van der Waals surface area (Å²) in [7, 11) is 1.67. The maximum Gasteiger partial charge on any atom is 0.334 e. The molecule has 10 heteroatoms. The van der Waals surface area contributed by atoms with E-state index < -0.39 is 24.1 Å². The van der Waals surface area contributed by atoms with E-state index >= 15 is 0 Å². The molecule has 9 nitrogen and oxygen atoms in total. The van der Waals surface area contributed by atoms with Gasteiger partial charge in [0.2, 0.25) is 11.8 Å². The Labute approximate surface area is 233 Å². The molecule has 2 N–H and O–H groups in total. The first kappa shape index (κ1) is 28.6. The lowest BCUT2D eigenvalue weighted by Crippen LogP contribution is -2.76. The van der Waals surface area contributed by atoms with Gasteiger partial charge in [-0.25, -0.2) is 19.2 Å². The van der Waals surface area contributed by atoms with Gasteiger partial charge in [-0.15, -0.1) is 0 Å². The first-order chi connectivity index (χ1) is 18.8. The van der Waals surface area contributed by atoms with E-state index in [1.165, 1.54) is 34.2 Å². The van der Waals surface area contributed by atoms with E-state index in [-0.39, 0.29) is 51.0 Å². The molecule has 3 aromatic carbocycles. The van der Waals surface area contributed by atoms with E-state index in [0.29, 0.717) is 12.1 Å². The second kappa shape index (κ2) is 12.2. The van der Waals surface area contributed by atoms with Gasteiger partial charge in [0.1, 0.15) is 23.8 Å². The quantitative estimate of drug-likeness (QED) is 0.494. The van der Waals surface area contributed by atoms with Crippen LogP contribution < -0.4 is 5.32 Å². The molecule has 2 aliphatic heterocycles. The summed E-state index contributed by atoms with van der Waals surface area (Å²) < 4.78 is 13.9. The Hall–Kier alpha value is -4.44. The number of urea groups is 1. The fourth-order valence-electron chi connectivity index (χ4n) is 5.21. The van der Waals surface area contributed by atoms with Crippen LogP contribution in [0.1, 0.15) is 24.1 Å². The molecule has 2 fully saturated rings. The van der Waals surface area contributed by atoms with Crippen molar-refractivity contribution in [1.29, 1.82) is 0 Å². The molecule has 0 aromatic heterocycles. The Bertz CT molecular complexity index is 1350. The number of phenols is 1. The molecular weight excluding hydrogens is 513 g/mol. The number of aromatic hydroxyl groups is 1. The number of benzene rings is 3. The third-order valence-electron chi connectivity index (χ3n) is 7.06. The Balaban J connectivity index is 0.00000370. The van der Waals surface area contributed by atoms with E-state index in [1.807, 2.05) is 30.3 Å². The fraction of sp³-hybridized carbons (Fsp3) is 0.300. The SMILES string of the molecule is C.CN1CC(=O)N2C(CN(Cc3cccc(F)c3)C(=O)[C@@H]2Cc2ccc(O)cc2)N1C(=O)NCc1ccccc1. The van der Waals surface area contributed by atoms with Crippen LogP contribution in [-0.4, -0.2) is 75.1 Å². The van der Waals surface area contributed by atoms with Gasteiger partial charge in [0, 0.05) is 26.6 Å². The monoisotopic (exact) mass is 547 g/mol. The van der Waals surface area contributed by atoms with Crippen LogP contribution in [0.25, 0.3) is 0 Å². The van der Waals surface area contributed by atoms with Crippen molar-refractivity contribution in [2.75, 3.05) is 20.1 Å². The van der Waals surface area contributed by atoms with Gasteiger partial charge in [0.15, 0.2) is 0 Å². The number of hydrazine groups is 1. The summed E-state index contributed by atoms with van der Waals surface area (Å²) in [5, 5.41) is 15.7. The largest absolute Gasteiger partial charge is 0.508 e. The number of halogens is 1. The predicted molar refractivity (Wildman–Crippen MR) is 148 cm³/mol. The van der Waals surface area contributed by atoms with Gasteiger partial charge >= 0.3 is 6.03 Å². The van der Waals surface area contributed by atoms with Crippen LogP contribution in [0.3, 0.4) is 0 Å². The topological polar surface area (TPSA) is 96.4 Å². The molecule has 210 valence electrons. The summed E-state index contributed by atoms with van der Waals surface area (Å²) in [4.78, 5) is 43.7. The number of carbonyl (C=O) groups is 3. The third kappa shape index (κ3) is 6.07. The minimum Gasteiger partial charge on any atom is -0.508 e. The van der Waals surface area contributed by atoms with Crippen molar-refractivity contribution < 1.29 is 23.9 Å². The van der Waals surface area contributed by atoms with Gasteiger partial charge in [-0.2, -0.15) is 0 Å². The summed E-state index contributed by atoms with van der Waals surface area (Å²) in [5.41, 5.74) is 2.29. The average molecular weight is 548 g/mol. The number of hydrogen-bond acceptors (Lipinski definition) is 5. The second-order valence-corrected chi connectivity index (χ2v) is 9.82. The molecule has 0 radical (unpaired) electrons. The van der Waals surface area contributed by atoms with E-state index in [4.69, 9.17) is 0 Å². The number of carbonyl (C=O) groups excluding carboxylic acids is 3. The molecule has 40 heavy (non-hydrogen) atoms. The minimum atomic E-state index is -0.882. The number of nitrogens with zero attached hydrogens (tertiary/aromatic N) is 4. The van der Waals surface area contributed by atoms with Crippen LogP contribution in [0.5, 0.6) is 5.75 Å². The van der Waals surface area contributed by atoms with Crippen molar-refractivity contribution in [3.05, 3.63) is 101 Å². The maximum atomic E-state index is 13.9. The normalized spacial score (nSPS) is 19.2. The zero-order valence-electron chi connectivity index (χ0n) is 21.5. The van der Waals surface area contributed by atoms with Crippen molar-refractivity contribution in [3.63, 3.8) is 0 Å². The van der Waals surface area contributed by atoms with Crippen LogP contribution in [0.2, 0.25) is 0 Å². The van der Waals surface area contributed by atoms with Crippen molar-refractivity contribution in [2.45, 2.75) is 39.1 Å². The standard InChI is InChI=1S/C29H30FN5O4.CH4/c1-32-19-27(37)34-25(15-20-10-12-24(36)13-11-20)28(38)33(17-22-8-5-9-23(30)14-22)18-26(34)35(32)29(39)31-16-21-6-3-2-4-7-21;/h2-14,25-26,36H,15-19H2,1H3,(H,31,39);1H4/t25-,26?;/m0./s1. The highest BCUT2D eigenvalue weighted by atomic mass is 19.1. The Morgan fingerprint density at radius 1 is 0.975 bits per heavy atom. The summed E-state index contributed by atoms with van der Waals surface area (Å²) in [5.74, 6) is -0.867. The molecule has 0 aliphatic carbocycles. The van der Waals surface area contributed by atoms with Crippen LogP contribution in [0, 0.1) is 5.82 Å². The second-order valence-electron chi connectivity index (χ2n) is 9.82.